The molecule has 0 bridgehead atoms. The Morgan fingerprint density at radius 2 is 2.00 bits per heavy atom. The number of ether oxygens (including phenoxy) is 2. The van der Waals surface area contributed by atoms with Gasteiger partial charge in [0, 0.05) is 17.0 Å². The van der Waals surface area contributed by atoms with E-state index in [-0.39, 0.29) is 12.7 Å². The van der Waals surface area contributed by atoms with Gasteiger partial charge >= 0.3 is 0 Å². The highest BCUT2D eigenvalue weighted by molar-refractivity contribution is 7.12. The number of nitrogens with zero attached hydrogens (tertiary/aromatic N) is 1. The van der Waals surface area contributed by atoms with Crippen molar-refractivity contribution in [2.24, 2.45) is 0 Å². The van der Waals surface area contributed by atoms with E-state index < -0.39 is 0 Å². The zero-order valence-corrected chi connectivity index (χ0v) is 16.4. The van der Waals surface area contributed by atoms with Crippen LogP contribution in [0.15, 0.2) is 47.8 Å². The molecule has 1 amide bonds. The number of hydrogen-bond acceptors (Lipinski definition) is 5. The maximum absolute atomic E-state index is 12.7. The Kier molecular flexibility index (Phi) is 4.29. The Morgan fingerprint density at radius 3 is 2.83 bits per heavy atom. The van der Waals surface area contributed by atoms with Gasteiger partial charge in [0.25, 0.3) is 5.91 Å². The van der Waals surface area contributed by atoms with Gasteiger partial charge in [-0.3, -0.25) is 9.89 Å². The zero-order valence-electron chi connectivity index (χ0n) is 15.6. The first-order chi connectivity index (χ1) is 14.2. The summed E-state index contributed by atoms with van der Waals surface area (Å²) in [5.74, 6) is 1.13. The molecule has 0 spiro atoms. The van der Waals surface area contributed by atoms with Gasteiger partial charge in [-0.1, -0.05) is 24.3 Å². The van der Waals surface area contributed by atoms with E-state index in [2.05, 4.69) is 15.5 Å². The lowest BCUT2D eigenvalue weighted by Gasteiger charge is -2.10. The molecule has 0 fully saturated rings. The van der Waals surface area contributed by atoms with E-state index in [1.807, 2.05) is 60.9 Å². The molecule has 0 atom stereocenters. The Morgan fingerprint density at radius 1 is 1.17 bits per heavy atom. The van der Waals surface area contributed by atoms with Crippen molar-refractivity contribution in [2.75, 3.05) is 12.1 Å². The third-order valence-electron chi connectivity index (χ3n) is 4.78. The van der Waals surface area contributed by atoms with Gasteiger partial charge in [-0.25, -0.2) is 0 Å². The topological polar surface area (TPSA) is 76.2 Å². The Balaban J connectivity index is 1.51. The van der Waals surface area contributed by atoms with Gasteiger partial charge in [-0.2, -0.15) is 5.10 Å². The van der Waals surface area contributed by atoms with Crippen molar-refractivity contribution in [3.05, 3.63) is 69.5 Å². The second-order valence-corrected chi connectivity index (χ2v) is 7.58. The van der Waals surface area contributed by atoms with E-state index >= 15 is 0 Å². The van der Waals surface area contributed by atoms with Crippen LogP contribution in [0.4, 0.5) is 5.69 Å². The van der Waals surface area contributed by atoms with E-state index in [9.17, 15) is 4.79 Å². The highest BCUT2D eigenvalue weighted by atomic mass is 32.1. The number of fused-ring (bicyclic) bond motifs is 2. The molecule has 6 nitrogen and oxygen atoms in total. The van der Waals surface area contributed by atoms with Crippen LogP contribution >= 0.6 is 11.3 Å². The molecule has 0 unspecified atom stereocenters. The fraction of sp³-hybridized carbons (Fsp3) is 0.0909. The monoisotopic (exact) mass is 403 g/mol. The number of H-pyrrole nitrogens is 1. The number of anilines is 1. The van der Waals surface area contributed by atoms with Crippen LogP contribution in [0.1, 0.15) is 26.5 Å². The maximum Gasteiger partial charge on any atom is 0.266 e. The molecule has 0 saturated heterocycles. The van der Waals surface area contributed by atoms with E-state index in [1.54, 1.807) is 6.07 Å². The number of carbonyl (C=O) groups is 1. The summed E-state index contributed by atoms with van der Waals surface area (Å²) < 4.78 is 11.0. The van der Waals surface area contributed by atoms with Crippen LogP contribution in [-0.2, 0) is 0 Å². The van der Waals surface area contributed by atoms with Crippen molar-refractivity contribution < 1.29 is 14.3 Å². The molecule has 0 aliphatic carbocycles. The lowest BCUT2D eigenvalue weighted by molar-refractivity contribution is 0.103. The van der Waals surface area contributed by atoms with Crippen molar-refractivity contribution in [3.63, 3.8) is 0 Å². The minimum absolute atomic E-state index is 0.142. The smallest absolute Gasteiger partial charge is 0.266 e. The number of para-hydroxylation sites is 1. The fourth-order valence-corrected chi connectivity index (χ4v) is 4.09. The first-order valence-corrected chi connectivity index (χ1v) is 9.97. The SMILES string of the molecule is Cc1ccsc1C(=O)Nc1cc2c(cc1C=Cc1n[nH]c3ccccc13)OCO2. The summed E-state index contributed by atoms with van der Waals surface area (Å²) in [6.07, 6.45) is 3.84. The average Bonchev–Trinajstić information content (AvgIpc) is 3.45. The number of hydrogen-bond donors (Lipinski definition) is 2. The molecule has 2 aromatic heterocycles. The van der Waals surface area contributed by atoms with Crippen molar-refractivity contribution in [1.82, 2.24) is 10.2 Å². The third-order valence-corrected chi connectivity index (χ3v) is 5.80. The number of rotatable bonds is 4. The molecular formula is C22H17N3O3S. The summed E-state index contributed by atoms with van der Waals surface area (Å²) in [7, 11) is 0. The molecule has 144 valence electrons. The van der Waals surface area contributed by atoms with Crippen LogP contribution in [0, 0.1) is 6.92 Å². The van der Waals surface area contributed by atoms with Gasteiger partial charge in [-0.15, -0.1) is 11.3 Å². The summed E-state index contributed by atoms with van der Waals surface area (Å²) in [6.45, 7) is 2.10. The van der Waals surface area contributed by atoms with Crippen LogP contribution in [0.25, 0.3) is 23.1 Å². The third kappa shape index (κ3) is 3.25. The predicted molar refractivity (Wildman–Crippen MR) is 115 cm³/mol. The minimum Gasteiger partial charge on any atom is -0.454 e. The van der Waals surface area contributed by atoms with E-state index in [0.29, 0.717) is 22.1 Å². The molecule has 4 aromatic rings. The molecule has 7 heteroatoms. The standard InChI is InChI=1S/C22H17N3O3S/c1-13-8-9-29-21(13)22(26)23-18-11-20-19(27-12-28-20)10-14(18)6-7-17-15-4-2-3-5-16(15)24-25-17/h2-11H,12H2,1H3,(H,23,26)(H,24,25). The van der Waals surface area contributed by atoms with Crippen molar-refractivity contribution in [2.45, 2.75) is 6.92 Å². The normalized spacial score (nSPS) is 12.7. The van der Waals surface area contributed by atoms with Crippen LogP contribution in [0.3, 0.4) is 0 Å². The van der Waals surface area contributed by atoms with Gasteiger partial charge in [0.15, 0.2) is 11.5 Å². The number of aryl methyl sites for hydroxylation is 1. The predicted octanol–water partition coefficient (Wildman–Crippen LogP) is 5.08. The molecule has 2 aromatic carbocycles. The number of carbonyl (C=O) groups excluding carboxylic acids is 1. The average molecular weight is 403 g/mol. The molecule has 0 radical (unpaired) electrons. The largest absolute Gasteiger partial charge is 0.454 e. The number of thiophene rings is 1. The second kappa shape index (κ2) is 7.10. The Bertz CT molecular complexity index is 1260. The fourth-order valence-electron chi connectivity index (χ4n) is 3.27. The molecule has 3 heterocycles. The highest BCUT2D eigenvalue weighted by Gasteiger charge is 2.19. The van der Waals surface area contributed by atoms with Gasteiger partial charge in [0.05, 0.1) is 21.8 Å². The molecule has 2 N–H and O–H groups in total. The first-order valence-electron chi connectivity index (χ1n) is 9.09. The van der Waals surface area contributed by atoms with E-state index in [0.717, 1.165) is 27.7 Å². The molecule has 0 saturated carbocycles. The summed E-state index contributed by atoms with van der Waals surface area (Å²) in [5, 5.41) is 13.3. The Hall–Kier alpha value is -3.58. The first kappa shape index (κ1) is 17.5. The molecular weight excluding hydrogens is 386 g/mol. The van der Waals surface area contributed by atoms with Crippen LogP contribution in [0.5, 0.6) is 11.5 Å². The lowest BCUT2D eigenvalue weighted by atomic mass is 10.1. The molecule has 1 aliphatic rings. The van der Waals surface area contributed by atoms with Crippen LogP contribution in [0.2, 0.25) is 0 Å². The number of nitrogens with one attached hydrogen (secondary N) is 2. The number of aromatic amines is 1. The molecule has 5 rings (SSSR count). The van der Waals surface area contributed by atoms with Crippen molar-refractivity contribution in [1.29, 1.82) is 0 Å². The maximum atomic E-state index is 12.7. The minimum atomic E-state index is -0.142. The zero-order chi connectivity index (χ0) is 19.8. The van der Waals surface area contributed by atoms with E-state index in [4.69, 9.17) is 9.47 Å². The lowest BCUT2D eigenvalue weighted by Crippen LogP contribution is -2.12. The van der Waals surface area contributed by atoms with Crippen molar-refractivity contribution in [3.8, 4) is 11.5 Å². The number of aromatic nitrogens is 2. The summed E-state index contributed by atoms with van der Waals surface area (Å²) >= 11 is 1.42. The molecule has 1 aliphatic heterocycles. The van der Waals surface area contributed by atoms with Gasteiger partial charge in [-0.05, 0) is 42.1 Å². The summed E-state index contributed by atoms with van der Waals surface area (Å²) in [4.78, 5) is 13.4. The summed E-state index contributed by atoms with van der Waals surface area (Å²) in [5.41, 5.74) is 4.21. The number of amides is 1. The van der Waals surface area contributed by atoms with Gasteiger partial charge in [0.1, 0.15) is 0 Å². The molecule has 29 heavy (non-hydrogen) atoms. The Labute approximate surface area is 170 Å². The van der Waals surface area contributed by atoms with Crippen LogP contribution < -0.4 is 14.8 Å². The highest BCUT2D eigenvalue weighted by Crippen LogP contribution is 2.38. The number of benzene rings is 2. The van der Waals surface area contributed by atoms with E-state index in [1.165, 1.54) is 11.3 Å². The second-order valence-electron chi connectivity index (χ2n) is 6.67. The van der Waals surface area contributed by atoms with Crippen molar-refractivity contribution >= 4 is 46.0 Å². The van der Waals surface area contributed by atoms with Gasteiger partial charge in [0.2, 0.25) is 6.79 Å². The van der Waals surface area contributed by atoms with Crippen LogP contribution in [-0.4, -0.2) is 22.9 Å². The van der Waals surface area contributed by atoms with Gasteiger partial charge < -0.3 is 14.8 Å². The summed E-state index contributed by atoms with van der Waals surface area (Å²) in [6, 6.07) is 13.5. The quantitative estimate of drug-likeness (QED) is 0.498.